The van der Waals surface area contributed by atoms with E-state index in [0.29, 0.717) is 11.9 Å². The molecular formula is C12H16N6. The lowest BCUT2D eigenvalue weighted by Gasteiger charge is -2.19. The fraction of sp³-hybridized carbons (Fsp3) is 0.250. The molecule has 2 aromatic rings. The van der Waals surface area contributed by atoms with Crippen LogP contribution in [0.2, 0.25) is 0 Å². The van der Waals surface area contributed by atoms with Crippen molar-refractivity contribution in [1.29, 1.82) is 0 Å². The first-order chi connectivity index (χ1) is 8.58. The van der Waals surface area contributed by atoms with E-state index in [9.17, 15) is 0 Å². The summed E-state index contributed by atoms with van der Waals surface area (Å²) in [6.45, 7) is 0. The Kier molecular flexibility index (Phi) is 3.27. The van der Waals surface area contributed by atoms with Crippen molar-refractivity contribution < 1.29 is 0 Å². The van der Waals surface area contributed by atoms with Crippen molar-refractivity contribution in [2.45, 2.75) is 0 Å². The zero-order valence-electron chi connectivity index (χ0n) is 10.7. The van der Waals surface area contributed by atoms with Gasteiger partial charge in [-0.15, -0.1) is 0 Å². The molecule has 6 nitrogen and oxygen atoms in total. The largest absolute Gasteiger partial charge is 0.368 e. The van der Waals surface area contributed by atoms with Crippen LogP contribution in [0.5, 0.6) is 0 Å². The summed E-state index contributed by atoms with van der Waals surface area (Å²) in [6, 6.07) is 9.85. The van der Waals surface area contributed by atoms with E-state index in [1.54, 1.807) is 4.90 Å². The third-order valence-electron chi connectivity index (χ3n) is 2.47. The summed E-state index contributed by atoms with van der Waals surface area (Å²) < 4.78 is 0. The van der Waals surface area contributed by atoms with E-state index in [0.717, 1.165) is 5.69 Å². The third kappa shape index (κ3) is 2.48. The second-order valence-electron chi connectivity index (χ2n) is 4.08. The molecular weight excluding hydrogens is 228 g/mol. The topological polar surface area (TPSA) is 71.2 Å². The molecule has 1 aromatic heterocycles. The summed E-state index contributed by atoms with van der Waals surface area (Å²) in [4.78, 5) is 16.2. The molecule has 6 heteroatoms. The van der Waals surface area contributed by atoms with Crippen molar-refractivity contribution in [3.05, 3.63) is 30.3 Å². The Morgan fingerprint density at radius 1 is 0.889 bits per heavy atom. The molecule has 2 N–H and O–H groups in total. The Morgan fingerprint density at radius 2 is 1.50 bits per heavy atom. The van der Waals surface area contributed by atoms with Crippen molar-refractivity contribution in [3.63, 3.8) is 0 Å². The number of nitrogens with zero attached hydrogens (tertiary/aromatic N) is 5. The lowest BCUT2D eigenvalue weighted by atomic mass is 10.3. The van der Waals surface area contributed by atoms with E-state index in [1.165, 1.54) is 0 Å². The monoisotopic (exact) mass is 244 g/mol. The maximum Gasteiger partial charge on any atom is 0.236 e. The molecule has 0 unspecified atom stereocenters. The number of rotatable bonds is 3. The molecule has 0 saturated heterocycles. The Morgan fingerprint density at radius 3 is 2.11 bits per heavy atom. The van der Waals surface area contributed by atoms with E-state index in [2.05, 4.69) is 15.0 Å². The van der Waals surface area contributed by atoms with Gasteiger partial charge in [-0.05, 0) is 12.1 Å². The van der Waals surface area contributed by atoms with E-state index in [1.807, 2.05) is 56.4 Å². The van der Waals surface area contributed by atoms with Crippen LogP contribution >= 0.6 is 0 Å². The minimum atomic E-state index is 0.214. The Labute approximate surface area is 106 Å². The molecule has 0 amide bonds. The number of para-hydroxylation sites is 1. The van der Waals surface area contributed by atoms with Crippen LogP contribution in [0.3, 0.4) is 0 Å². The Balaban J connectivity index is 2.39. The van der Waals surface area contributed by atoms with Gasteiger partial charge in [-0.25, -0.2) is 0 Å². The highest BCUT2D eigenvalue weighted by atomic mass is 15.3. The van der Waals surface area contributed by atoms with Crippen LogP contribution in [0.4, 0.5) is 23.5 Å². The number of hydrogen-bond donors (Lipinski definition) is 1. The van der Waals surface area contributed by atoms with Gasteiger partial charge in [0.1, 0.15) is 0 Å². The van der Waals surface area contributed by atoms with E-state index >= 15 is 0 Å². The van der Waals surface area contributed by atoms with Crippen molar-refractivity contribution in [2.24, 2.45) is 0 Å². The second-order valence-corrected chi connectivity index (χ2v) is 4.08. The summed E-state index contributed by atoms with van der Waals surface area (Å²) in [5, 5.41) is 0. The third-order valence-corrected chi connectivity index (χ3v) is 2.47. The first-order valence-corrected chi connectivity index (χ1v) is 5.55. The Hall–Kier alpha value is -2.37. The predicted octanol–water partition coefficient (Wildman–Crippen LogP) is 1.29. The molecule has 94 valence electrons. The van der Waals surface area contributed by atoms with Gasteiger partial charge < -0.3 is 15.5 Å². The molecule has 0 fully saturated rings. The molecule has 0 aliphatic rings. The molecule has 2 rings (SSSR count). The fourth-order valence-electron chi connectivity index (χ4n) is 1.49. The van der Waals surface area contributed by atoms with Crippen LogP contribution in [-0.2, 0) is 0 Å². The van der Waals surface area contributed by atoms with Crippen molar-refractivity contribution >= 4 is 23.5 Å². The zero-order valence-corrected chi connectivity index (χ0v) is 10.7. The average molecular weight is 244 g/mol. The number of nitrogen functional groups attached to an aromatic ring is 1. The molecule has 0 radical (unpaired) electrons. The van der Waals surface area contributed by atoms with Crippen LogP contribution in [0.15, 0.2) is 30.3 Å². The number of aromatic nitrogens is 3. The number of anilines is 4. The van der Waals surface area contributed by atoms with Crippen molar-refractivity contribution in [1.82, 2.24) is 15.0 Å². The van der Waals surface area contributed by atoms with Gasteiger partial charge >= 0.3 is 0 Å². The van der Waals surface area contributed by atoms with Crippen LogP contribution in [0.25, 0.3) is 0 Å². The number of benzene rings is 1. The maximum absolute atomic E-state index is 5.70. The lowest BCUT2D eigenvalue weighted by molar-refractivity contribution is 0.939. The van der Waals surface area contributed by atoms with Crippen LogP contribution < -0.4 is 15.5 Å². The highest BCUT2D eigenvalue weighted by Crippen LogP contribution is 2.21. The van der Waals surface area contributed by atoms with Gasteiger partial charge in [0.2, 0.25) is 17.8 Å². The minimum absolute atomic E-state index is 0.214. The predicted molar refractivity (Wildman–Crippen MR) is 73.1 cm³/mol. The SMILES string of the molecule is CN(C)c1nc(N)nc(N(C)c2ccccc2)n1. The average Bonchev–Trinajstić information content (AvgIpc) is 2.38. The highest BCUT2D eigenvalue weighted by Gasteiger charge is 2.11. The molecule has 1 aromatic carbocycles. The summed E-state index contributed by atoms with van der Waals surface area (Å²) in [7, 11) is 5.62. The zero-order chi connectivity index (χ0) is 13.1. The molecule has 0 atom stereocenters. The highest BCUT2D eigenvalue weighted by molar-refractivity contribution is 5.57. The molecule has 0 spiro atoms. The van der Waals surface area contributed by atoms with E-state index in [4.69, 9.17) is 5.73 Å². The quantitative estimate of drug-likeness (QED) is 0.877. The van der Waals surface area contributed by atoms with Gasteiger partial charge in [0.25, 0.3) is 0 Å². The fourth-order valence-corrected chi connectivity index (χ4v) is 1.49. The molecule has 0 aliphatic heterocycles. The number of hydrogen-bond acceptors (Lipinski definition) is 6. The van der Waals surface area contributed by atoms with E-state index in [-0.39, 0.29) is 5.95 Å². The first-order valence-electron chi connectivity index (χ1n) is 5.55. The van der Waals surface area contributed by atoms with Crippen molar-refractivity contribution in [3.8, 4) is 0 Å². The van der Waals surface area contributed by atoms with Gasteiger partial charge in [0.15, 0.2) is 0 Å². The summed E-state index contributed by atoms with van der Waals surface area (Å²) in [6.07, 6.45) is 0. The lowest BCUT2D eigenvalue weighted by Crippen LogP contribution is -2.19. The smallest absolute Gasteiger partial charge is 0.236 e. The maximum atomic E-state index is 5.70. The second kappa shape index (κ2) is 4.87. The van der Waals surface area contributed by atoms with Gasteiger partial charge in [-0.3, -0.25) is 0 Å². The standard InChI is InChI=1S/C12H16N6/c1-17(2)11-14-10(13)15-12(16-11)18(3)9-7-5-4-6-8-9/h4-8H,1-3H3,(H2,13,14,15,16). The van der Waals surface area contributed by atoms with Gasteiger partial charge in [0, 0.05) is 26.8 Å². The van der Waals surface area contributed by atoms with Crippen LogP contribution in [-0.4, -0.2) is 36.1 Å². The molecule has 0 saturated carbocycles. The minimum Gasteiger partial charge on any atom is -0.368 e. The van der Waals surface area contributed by atoms with E-state index < -0.39 is 0 Å². The first kappa shape index (κ1) is 12.1. The molecule has 1 heterocycles. The normalized spacial score (nSPS) is 10.2. The van der Waals surface area contributed by atoms with Crippen LogP contribution in [0.1, 0.15) is 0 Å². The summed E-state index contributed by atoms with van der Waals surface area (Å²) >= 11 is 0. The molecule has 0 bridgehead atoms. The van der Waals surface area contributed by atoms with Gasteiger partial charge in [0.05, 0.1) is 0 Å². The Bertz CT molecular complexity index is 525. The molecule has 0 aliphatic carbocycles. The summed E-state index contributed by atoms with van der Waals surface area (Å²) in [5.74, 6) is 1.28. The summed E-state index contributed by atoms with van der Waals surface area (Å²) in [5.41, 5.74) is 6.69. The van der Waals surface area contributed by atoms with Crippen molar-refractivity contribution in [2.75, 3.05) is 36.7 Å². The van der Waals surface area contributed by atoms with Gasteiger partial charge in [-0.1, -0.05) is 18.2 Å². The van der Waals surface area contributed by atoms with Crippen LogP contribution in [0, 0.1) is 0 Å². The van der Waals surface area contributed by atoms with Gasteiger partial charge in [-0.2, -0.15) is 15.0 Å². The number of nitrogens with two attached hydrogens (primary N) is 1. The molecule has 18 heavy (non-hydrogen) atoms.